The Balaban J connectivity index is 1.35. The van der Waals surface area contributed by atoms with Crippen LogP contribution in [0, 0.1) is 0 Å². The van der Waals surface area contributed by atoms with E-state index in [9.17, 15) is 4.79 Å². The van der Waals surface area contributed by atoms with E-state index in [-0.39, 0.29) is 18.2 Å². The van der Waals surface area contributed by atoms with Crippen molar-refractivity contribution in [2.24, 2.45) is 0 Å². The Bertz CT molecular complexity index is 609. The summed E-state index contributed by atoms with van der Waals surface area (Å²) in [4.78, 5) is 16.5. The average Bonchev–Trinajstić information content (AvgIpc) is 2.93. The van der Waals surface area contributed by atoms with E-state index in [0.29, 0.717) is 12.6 Å². The van der Waals surface area contributed by atoms with Crippen molar-refractivity contribution in [1.29, 1.82) is 0 Å². The van der Waals surface area contributed by atoms with Gasteiger partial charge in [-0.1, -0.05) is 12.1 Å². The van der Waals surface area contributed by atoms with Gasteiger partial charge in [-0.05, 0) is 38.4 Å². The minimum atomic E-state index is 0.0463. The van der Waals surface area contributed by atoms with E-state index in [0.717, 1.165) is 50.5 Å². The van der Waals surface area contributed by atoms with E-state index in [1.54, 1.807) is 0 Å². The highest BCUT2D eigenvalue weighted by molar-refractivity contribution is 5.77. The van der Waals surface area contributed by atoms with Gasteiger partial charge in [0.1, 0.15) is 12.7 Å². The normalized spacial score (nSPS) is 30.3. The molecule has 1 aromatic carbocycles. The molecule has 0 radical (unpaired) electrons. The first kappa shape index (κ1) is 15.6. The molecule has 2 amide bonds. The Labute approximate surface area is 142 Å². The van der Waals surface area contributed by atoms with Crippen LogP contribution in [0.15, 0.2) is 24.3 Å². The maximum atomic E-state index is 12.1. The van der Waals surface area contributed by atoms with Crippen LogP contribution in [0.3, 0.4) is 0 Å². The van der Waals surface area contributed by atoms with Crippen molar-refractivity contribution in [3.05, 3.63) is 24.3 Å². The van der Waals surface area contributed by atoms with Crippen molar-refractivity contribution >= 4 is 6.03 Å². The number of hydrogen-bond acceptors (Lipinski definition) is 4. The molecular weight excluding hydrogens is 306 g/mol. The van der Waals surface area contributed by atoms with Crippen molar-refractivity contribution in [2.75, 3.05) is 32.8 Å². The lowest BCUT2D eigenvalue weighted by atomic mass is 10.0. The average molecular weight is 331 g/mol. The molecule has 0 aromatic heterocycles. The van der Waals surface area contributed by atoms with E-state index in [4.69, 9.17) is 9.47 Å². The van der Waals surface area contributed by atoms with Crippen LogP contribution in [0.2, 0.25) is 0 Å². The minimum Gasteiger partial charge on any atom is -0.486 e. The van der Waals surface area contributed by atoms with Crippen LogP contribution in [0.4, 0.5) is 4.79 Å². The molecule has 2 saturated heterocycles. The molecule has 2 fully saturated rings. The number of ether oxygens (including phenoxy) is 2. The van der Waals surface area contributed by atoms with Crippen LogP contribution in [-0.2, 0) is 0 Å². The number of amides is 2. The molecular formula is C18H25N3O3. The standard InChI is InChI=1S/C18H25N3O3/c1-13-9-21(18(22)19-13)14-5-4-8-20(10-14)11-15-12-23-16-6-2-3-7-17(16)24-15/h2-3,6-7,13-15H,4-5,8-12H2,1H3,(H,19,22). The summed E-state index contributed by atoms with van der Waals surface area (Å²) in [6.45, 7) is 6.27. The fourth-order valence-corrected chi connectivity index (χ4v) is 3.92. The number of nitrogens with one attached hydrogen (secondary N) is 1. The number of carbonyl (C=O) groups excluding carboxylic acids is 1. The van der Waals surface area contributed by atoms with Crippen LogP contribution in [0.5, 0.6) is 11.5 Å². The van der Waals surface area contributed by atoms with Crippen LogP contribution in [0.25, 0.3) is 0 Å². The number of hydrogen-bond donors (Lipinski definition) is 1. The number of rotatable bonds is 3. The second kappa shape index (κ2) is 6.51. The van der Waals surface area contributed by atoms with Crippen molar-refractivity contribution in [2.45, 2.75) is 38.0 Å². The Morgan fingerprint density at radius 3 is 2.88 bits per heavy atom. The second-order valence-corrected chi connectivity index (χ2v) is 7.06. The summed E-state index contributed by atoms with van der Waals surface area (Å²) < 4.78 is 11.9. The lowest BCUT2D eigenvalue weighted by Gasteiger charge is -2.39. The molecule has 3 heterocycles. The number of urea groups is 1. The predicted molar refractivity (Wildman–Crippen MR) is 90.5 cm³/mol. The van der Waals surface area contributed by atoms with Gasteiger partial charge < -0.3 is 19.7 Å². The molecule has 0 spiro atoms. The zero-order chi connectivity index (χ0) is 16.5. The van der Waals surface area contributed by atoms with E-state index < -0.39 is 0 Å². The molecule has 4 rings (SSSR count). The third-order valence-corrected chi connectivity index (χ3v) is 5.05. The first-order chi connectivity index (χ1) is 11.7. The molecule has 3 unspecified atom stereocenters. The first-order valence-electron chi connectivity index (χ1n) is 8.87. The van der Waals surface area contributed by atoms with Gasteiger partial charge in [0.2, 0.25) is 0 Å². The maximum Gasteiger partial charge on any atom is 0.318 e. The third kappa shape index (κ3) is 3.15. The fourth-order valence-electron chi connectivity index (χ4n) is 3.92. The molecule has 3 atom stereocenters. The zero-order valence-electron chi connectivity index (χ0n) is 14.1. The molecule has 6 nitrogen and oxygen atoms in total. The summed E-state index contributed by atoms with van der Waals surface area (Å²) in [5.74, 6) is 1.66. The van der Waals surface area contributed by atoms with Gasteiger partial charge in [-0.25, -0.2) is 4.79 Å². The minimum absolute atomic E-state index is 0.0463. The largest absolute Gasteiger partial charge is 0.486 e. The SMILES string of the molecule is CC1CN(C2CCCN(CC3COc4ccccc4O3)C2)C(=O)N1. The van der Waals surface area contributed by atoms with E-state index in [2.05, 4.69) is 17.1 Å². The summed E-state index contributed by atoms with van der Waals surface area (Å²) in [6.07, 6.45) is 2.25. The fraction of sp³-hybridized carbons (Fsp3) is 0.611. The van der Waals surface area contributed by atoms with Gasteiger partial charge in [0.05, 0.1) is 0 Å². The van der Waals surface area contributed by atoms with Gasteiger partial charge in [-0.15, -0.1) is 0 Å². The topological polar surface area (TPSA) is 54.0 Å². The first-order valence-corrected chi connectivity index (χ1v) is 8.87. The number of carbonyl (C=O) groups is 1. The summed E-state index contributed by atoms with van der Waals surface area (Å²) in [5.41, 5.74) is 0. The quantitative estimate of drug-likeness (QED) is 0.916. The van der Waals surface area contributed by atoms with E-state index in [1.165, 1.54) is 0 Å². The molecule has 0 aliphatic carbocycles. The molecule has 3 aliphatic heterocycles. The summed E-state index contributed by atoms with van der Waals surface area (Å²) >= 11 is 0. The molecule has 0 bridgehead atoms. The van der Waals surface area contributed by atoms with Crippen molar-refractivity contribution < 1.29 is 14.3 Å². The number of benzene rings is 1. The van der Waals surface area contributed by atoms with E-state index >= 15 is 0 Å². The van der Waals surface area contributed by atoms with Gasteiger partial charge in [-0.2, -0.15) is 0 Å². The Morgan fingerprint density at radius 1 is 1.25 bits per heavy atom. The van der Waals surface area contributed by atoms with Crippen LogP contribution in [0.1, 0.15) is 19.8 Å². The van der Waals surface area contributed by atoms with Gasteiger partial charge >= 0.3 is 6.03 Å². The molecule has 130 valence electrons. The zero-order valence-corrected chi connectivity index (χ0v) is 14.1. The lowest BCUT2D eigenvalue weighted by molar-refractivity contribution is 0.0402. The van der Waals surface area contributed by atoms with Gasteiger partial charge in [-0.3, -0.25) is 4.90 Å². The van der Waals surface area contributed by atoms with Crippen molar-refractivity contribution in [3.8, 4) is 11.5 Å². The monoisotopic (exact) mass is 331 g/mol. The van der Waals surface area contributed by atoms with Crippen molar-refractivity contribution in [1.82, 2.24) is 15.1 Å². The lowest BCUT2D eigenvalue weighted by Crippen LogP contribution is -2.52. The number of piperidine rings is 1. The smallest absolute Gasteiger partial charge is 0.318 e. The molecule has 6 heteroatoms. The number of nitrogens with zero attached hydrogens (tertiary/aromatic N) is 2. The highest BCUT2D eigenvalue weighted by atomic mass is 16.6. The molecule has 1 aromatic rings. The summed E-state index contributed by atoms with van der Waals surface area (Å²) in [5, 5.41) is 3.00. The van der Waals surface area contributed by atoms with Crippen LogP contribution >= 0.6 is 0 Å². The third-order valence-electron chi connectivity index (χ3n) is 5.05. The summed E-state index contributed by atoms with van der Waals surface area (Å²) in [6, 6.07) is 8.46. The van der Waals surface area contributed by atoms with Crippen LogP contribution < -0.4 is 14.8 Å². The van der Waals surface area contributed by atoms with Gasteiger partial charge in [0.25, 0.3) is 0 Å². The highest BCUT2D eigenvalue weighted by Crippen LogP contribution is 2.31. The van der Waals surface area contributed by atoms with Gasteiger partial charge in [0.15, 0.2) is 11.5 Å². The maximum absolute atomic E-state index is 12.1. The predicted octanol–water partition coefficient (Wildman–Crippen LogP) is 1.70. The molecule has 3 aliphatic rings. The molecule has 24 heavy (non-hydrogen) atoms. The Kier molecular flexibility index (Phi) is 4.22. The number of fused-ring (bicyclic) bond motifs is 1. The number of likely N-dealkylation sites (tertiary alicyclic amines) is 1. The molecule has 0 saturated carbocycles. The number of para-hydroxylation sites is 2. The Morgan fingerprint density at radius 2 is 2.08 bits per heavy atom. The van der Waals surface area contributed by atoms with Crippen LogP contribution in [-0.4, -0.2) is 66.8 Å². The van der Waals surface area contributed by atoms with Gasteiger partial charge in [0, 0.05) is 31.7 Å². The highest BCUT2D eigenvalue weighted by Gasteiger charge is 2.35. The molecule has 1 N–H and O–H groups in total. The van der Waals surface area contributed by atoms with Crippen molar-refractivity contribution in [3.63, 3.8) is 0 Å². The Hall–Kier alpha value is -1.95. The summed E-state index contributed by atoms with van der Waals surface area (Å²) in [7, 11) is 0. The second-order valence-electron chi connectivity index (χ2n) is 7.06. The van der Waals surface area contributed by atoms with E-state index in [1.807, 2.05) is 29.2 Å².